The molecule has 124 valence electrons. The predicted octanol–water partition coefficient (Wildman–Crippen LogP) is 1.54. The molecule has 4 rings (SSSR count). The molecule has 2 aromatic rings. The lowest BCUT2D eigenvalue weighted by atomic mass is 10.0. The number of H-pyrrole nitrogens is 1. The number of nitriles is 1. The molecule has 7 heteroatoms. The van der Waals surface area contributed by atoms with Gasteiger partial charge < -0.3 is 14.8 Å². The summed E-state index contributed by atoms with van der Waals surface area (Å²) in [5, 5.41) is 9.74. The Morgan fingerprint density at radius 1 is 1.42 bits per heavy atom. The van der Waals surface area contributed by atoms with Gasteiger partial charge in [-0.2, -0.15) is 5.26 Å². The van der Waals surface area contributed by atoms with Gasteiger partial charge in [-0.25, -0.2) is 9.97 Å². The van der Waals surface area contributed by atoms with E-state index in [1.54, 1.807) is 6.33 Å². The fraction of sp³-hybridized carbons (Fsp3) is 0.529. The summed E-state index contributed by atoms with van der Waals surface area (Å²) in [5.41, 5.74) is 0.860. The Morgan fingerprint density at radius 3 is 2.88 bits per heavy atom. The molecule has 24 heavy (non-hydrogen) atoms. The molecule has 2 aromatic heterocycles. The molecule has 2 fully saturated rings. The molecule has 1 saturated heterocycles. The summed E-state index contributed by atoms with van der Waals surface area (Å²) >= 11 is 0. The van der Waals surface area contributed by atoms with E-state index in [4.69, 9.17) is 5.26 Å². The van der Waals surface area contributed by atoms with Gasteiger partial charge in [-0.1, -0.05) is 0 Å². The van der Waals surface area contributed by atoms with Crippen LogP contribution in [-0.2, 0) is 4.79 Å². The van der Waals surface area contributed by atoms with Gasteiger partial charge in [-0.3, -0.25) is 4.79 Å². The molecule has 1 N–H and O–H groups in total. The zero-order valence-corrected chi connectivity index (χ0v) is 13.6. The Morgan fingerprint density at radius 2 is 2.17 bits per heavy atom. The normalized spacial score (nSPS) is 25.7. The quantitative estimate of drug-likeness (QED) is 0.925. The number of likely N-dealkylation sites (tertiary alicyclic amines) is 1. The van der Waals surface area contributed by atoms with Gasteiger partial charge in [0, 0.05) is 32.4 Å². The number of hydrogen-bond donors (Lipinski definition) is 1. The molecule has 1 aliphatic heterocycles. The first-order valence-electron chi connectivity index (χ1n) is 8.33. The Bertz CT molecular complexity index is 795. The molecule has 2 unspecified atom stereocenters. The summed E-state index contributed by atoms with van der Waals surface area (Å²) in [4.78, 5) is 27.9. The highest BCUT2D eigenvalue weighted by Gasteiger charge is 2.43. The molecule has 0 spiro atoms. The van der Waals surface area contributed by atoms with Crippen molar-refractivity contribution in [3.63, 3.8) is 0 Å². The fourth-order valence-corrected chi connectivity index (χ4v) is 4.28. The monoisotopic (exact) mass is 324 g/mol. The predicted molar refractivity (Wildman–Crippen MR) is 89.1 cm³/mol. The van der Waals surface area contributed by atoms with Crippen LogP contribution in [0, 0.1) is 23.2 Å². The van der Waals surface area contributed by atoms with Crippen LogP contribution in [0.1, 0.15) is 19.3 Å². The van der Waals surface area contributed by atoms with Crippen LogP contribution in [0.2, 0.25) is 0 Å². The molecule has 0 radical (unpaired) electrons. The number of aromatic nitrogens is 3. The average molecular weight is 324 g/mol. The molecule has 7 nitrogen and oxygen atoms in total. The maximum absolute atomic E-state index is 11.9. The number of nitrogens with zero attached hydrogens (tertiary/aromatic N) is 5. The summed E-state index contributed by atoms with van der Waals surface area (Å²) < 4.78 is 0. The average Bonchev–Trinajstić information content (AvgIpc) is 3.27. The van der Waals surface area contributed by atoms with Crippen LogP contribution in [0.4, 0.5) is 5.82 Å². The third-order valence-corrected chi connectivity index (χ3v) is 5.52. The lowest BCUT2D eigenvalue weighted by Crippen LogP contribution is -2.34. The minimum absolute atomic E-state index is 0.00478. The van der Waals surface area contributed by atoms with Crippen LogP contribution in [0.5, 0.6) is 0 Å². The molecule has 3 atom stereocenters. The number of rotatable bonds is 3. The van der Waals surface area contributed by atoms with E-state index < -0.39 is 0 Å². The Kier molecular flexibility index (Phi) is 3.60. The highest BCUT2D eigenvalue weighted by molar-refractivity contribution is 5.87. The zero-order chi connectivity index (χ0) is 16.7. The first-order chi connectivity index (χ1) is 11.7. The summed E-state index contributed by atoms with van der Waals surface area (Å²) in [5.74, 6) is 2.00. The van der Waals surface area contributed by atoms with Gasteiger partial charge in [0.05, 0.1) is 11.5 Å². The van der Waals surface area contributed by atoms with Gasteiger partial charge in [0.2, 0.25) is 5.91 Å². The highest BCUT2D eigenvalue weighted by Crippen LogP contribution is 2.41. The zero-order valence-electron chi connectivity index (χ0n) is 13.6. The van der Waals surface area contributed by atoms with Crippen LogP contribution in [0.25, 0.3) is 11.0 Å². The second-order valence-electron chi connectivity index (χ2n) is 6.83. The summed E-state index contributed by atoms with van der Waals surface area (Å²) in [6, 6.07) is 4.40. The minimum Gasteiger partial charge on any atom is -0.356 e. The van der Waals surface area contributed by atoms with Crippen molar-refractivity contribution in [1.82, 2.24) is 19.9 Å². The van der Waals surface area contributed by atoms with Crippen molar-refractivity contribution in [3.05, 3.63) is 18.6 Å². The van der Waals surface area contributed by atoms with E-state index in [1.165, 1.54) is 0 Å². The molecular formula is C17H20N6O. The molecule has 1 aliphatic carbocycles. The molecule has 1 saturated carbocycles. The number of nitrogens with one attached hydrogen (secondary N) is 1. The topological polar surface area (TPSA) is 88.9 Å². The first kappa shape index (κ1) is 14.9. The molecule has 0 aromatic carbocycles. The van der Waals surface area contributed by atoms with Gasteiger partial charge >= 0.3 is 0 Å². The van der Waals surface area contributed by atoms with Gasteiger partial charge in [0.15, 0.2) is 0 Å². The van der Waals surface area contributed by atoms with Crippen LogP contribution in [0.3, 0.4) is 0 Å². The van der Waals surface area contributed by atoms with Crippen molar-refractivity contribution >= 4 is 22.8 Å². The molecule has 0 bridgehead atoms. The number of anilines is 1. The summed E-state index contributed by atoms with van der Waals surface area (Å²) in [6.45, 7) is 1.58. The van der Waals surface area contributed by atoms with Crippen molar-refractivity contribution in [2.75, 3.05) is 25.0 Å². The van der Waals surface area contributed by atoms with Crippen molar-refractivity contribution in [2.24, 2.45) is 11.8 Å². The van der Waals surface area contributed by atoms with Gasteiger partial charge in [0.25, 0.3) is 0 Å². The fourth-order valence-electron chi connectivity index (χ4n) is 4.28. The van der Waals surface area contributed by atoms with Crippen LogP contribution in [0.15, 0.2) is 18.6 Å². The number of carbonyl (C=O) groups excluding carboxylic acids is 1. The number of amides is 1. The van der Waals surface area contributed by atoms with Gasteiger partial charge in [0.1, 0.15) is 24.2 Å². The number of hydrogen-bond acceptors (Lipinski definition) is 5. The lowest BCUT2D eigenvalue weighted by molar-refractivity contribution is -0.129. The number of aromatic amines is 1. The van der Waals surface area contributed by atoms with E-state index in [0.29, 0.717) is 17.9 Å². The summed E-state index contributed by atoms with van der Waals surface area (Å²) in [7, 11) is 2.10. The van der Waals surface area contributed by atoms with Gasteiger partial charge in [-0.05, 0) is 30.7 Å². The lowest BCUT2D eigenvalue weighted by Gasteiger charge is -2.27. The Labute approximate surface area is 140 Å². The Hall–Kier alpha value is -2.62. The van der Waals surface area contributed by atoms with E-state index in [9.17, 15) is 4.79 Å². The standard InChI is InChI=1S/C17H20N6O/c1-22(17-14-3-5-19-16(14)20-10-21-17)13-6-11-8-23(9-12(11)7-13)15(24)2-4-18/h3,5,10-13H,2,6-9H2,1H3,(H,19,20,21)/t11-,12?,13?/m0/s1. The van der Waals surface area contributed by atoms with Crippen molar-refractivity contribution in [3.8, 4) is 6.07 Å². The molecule has 3 heterocycles. The highest BCUT2D eigenvalue weighted by atomic mass is 16.2. The van der Waals surface area contributed by atoms with Crippen molar-refractivity contribution < 1.29 is 4.79 Å². The van der Waals surface area contributed by atoms with E-state index in [2.05, 4.69) is 26.9 Å². The Balaban J connectivity index is 1.46. The third kappa shape index (κ3) is 2.39. The minimum atomic E-state index is -0.0263. The van der Waals surface area contributed by atoms with E-state index in [-0.39, 0.29) is 12.3 Å². The maximum atomic E-state index is 11.9. The van der Waals surface area contributed by atoms with Crippen molar-refractivity contribution in [2.45, 2.75) is 25.3 Å². The second-order valence-corrected chi connectivity index (χ2v) is 6.83. The smallest absolute Gasteiger partial charge is 0.236 e. The van der Waals surface area contributed by atoms with E-state index in [1.807, 2.05) is 23.2 Å². The first-order valence-corrected chi connectivity index (χ1v) is 8.33. The molecule has 1 amide bonds. The SMILES string of the molecule is CN(c1ncnc2[nH]ccc12)C1CC2CN(C(=O)CC#N)C[C@@H]2C1. The van der Waals surface area contributed by atoms with Crippen molar-refractivity contribution in [1.29, 1.82) is 5.26 Å². The van der Waals surface area contributed by atoms with Gasteiger partial charge in [-0.15, -0.1) is 0 Å². The molecular weight excluding hydrogens is 304 g/mol. The largest absolute Gasteiger partial charge is 0.356 e. The van der Waals surface area contributed by atoms with Crippen LogP contribution >= 0.6 is 0 Å². The van der Waals surface area contributed by atoms with E-state index >= 15 is 0 Å². The third-order valence-electron chi connectivity index (χ3n) is 5.52. The number of fused-ring (bicyclic) bond motifs is 2. The number of carbonyl (C=O) groups is 1. The second kappa shape index (κ2) is 5.78. The van der Waals surface area contributed by atoms with Crippen LogP contribution < -0.4 is 4.90 Å². The summed E-state index contributed by atoms with van der Waals surface area (Å²) in [6.07, 6.45) is 5.61. The molecule has 2 aliphatic rings. The maximum Gasteiger partial charge on any atom is 0.236 e. The van der Waals surface area contributed by atoms with Crippen LogP contribution in [-0.4, -0.2) is 51.9 Å². The van der Waals surface area contributed by atoms with E-state index in [0.717, 1.165) is 42.8 Å².